The Balaban J connectivity index is 1.73. The fraction of sp³-hybridized carbons (Fsp3) is 0.500. The second kappa shape index (κ2) is 13.1. The normalized spacial score (nSPS) is 15.3. The number of halogens is 1. The van der Waals surface area contributed by atoms with Crippen molar-refractivity contribution >= 4 is 62.2 Å². The molecule has 1 fully saturated rings. The third-order valence-electron chi connectivity index (χ3n) is 4.87. The van der Waals surface area contributed by atoms with E-state index in [-0.39, 0.29) is 12.3 Å². The predicted octanol–water partition coefficient (Wildman–Crippen LogP) is 6.25. The van der Waals surface area contributed by atoms with Crippen molar-refractivity contribution in [2.24, 2.45) is 0 Å². The number of rotatable bonds is 13. The summed E-state index contributed by atoms with van der Waals surface area (Å²) in [6.07, 6.45) is 10.3. The Morgan fingerprint density at radius 1 is 1.17 bits per heavy atom. The zero-order chi connectivity index (χ0) is 21.9. The third-order valence-corrected chi connectivity index (χ3v) is 6.75. The first kappa shape index (κ1) is 24.9. The molecule has 164 valence electrons. The summed E-state index contributed by atoms with van der Waals surface area (Å²) in [4.78, 5) is 25.6. The lowest BCUT2D eigenvalue weighted by Gasteiger charge is -2.14. The fourth-order valence-corrected chi connectivity index (χ4v) is 4.94. The van der Waals surface area contributed by atoms with Gasteiger partial charge in [0.2, 0.25) is 0 Å². The first-order valence-electron chi connectivity index (χ1n) is 10.2. The van der Waals surface area contributed by atoms with Crippen molar-refractivity contribution in [3.05, 3.63) is 33.1 Å². The number of carboxylic acid groups (broad SMARTS) is 1. The molecular formula is C22H28BrNO4S2. The minimum Gasteiger partial charge on any atom is -0.496 e. The number of thioether (sulfide) groups is 1. The van der Waals surface area contributed by atoms with Crippen LogP contribution in [-0.4, -0.2) is 39.9 Å². The van der Waals surface area contributed by atoms with E-state index in [1.54, 1.807) is 12.0 Å². The Morgan fingerprint density at radius 3 is 2.43 bits per heavy atom. The summed E-state index contributed by atoms with van der Waals surface area (Å²) in [7, 11) is 1.61. The summed E-state index contributed by atoms with van der Waals surface area (Å²) in [6, 6.07) is 5.69. The number of aliphatic carboxylic acids is 1. The number of thiocarbonyl (C=S) groups is 1. The maximum absolute atomic E-state index is 12.8. The van der Waals surface area contributed by atoms with Gasteiger partial charge in [0.15, 0.2) is 0 Å². The zero-order valence-electron chi connectivity index (χ0n) is 17.2. The average molecular weight is 515 g/mol. The molecule has 1 aliphatic heterocycles. The Hall–Kier alpha value is -1.38. The molecule has 0 atom stereocenters. The van der Waals surface area contributed by atoms with Gasteiger partial charge in [0.25, 0.3) is 5.91 Å². The van der Waals surface area contributed by atoms with Gasteiger partial charge in [0.05, 0.1) is 12.0 Å². The number of methoxy groups -OCH3 is 1. The molecule has 1 aromatic carbocycles. The molecular weight excluding hydrogens is 486 g/mol. The van der Waals surface area contributed by atoms with Gasteiger partial charge in [-0.3, -0.25) is 14.5 Å². The monoisotopic (exact) mass is 513 g/mol. The van der Waals surface area contributed by atoms with Crippen LogP contribution in [0.1, 0.15) is 63.4 Å². The van der Waals surface area contributed by atoms with Crippen LogP contribution in [0, 0.1) is 0 Å². The van der Waals surface area contributed by atoms with E-state index in [9.17, 15) is 9.59 Å². The van der Waals surface area contributed by atoms with Gasteiger partial charge in [-0.25, -0.2) is 0 Å². The number of amides is 1. The molecule has 0 unspecified atom stereocenters. The highest BCUT2D eigenvalue weighted by molar-refractivity contribution is 9.10. The number of nitrogens with zero attached hydrogens (tertiary/aromatic N) is 1. The molecule has 1 aromatic rings. The molecule has 1 N–H and O–H groups in total. The molecule has 1 saturated heterocycles. The van der Waals surface area contributed by atoms with Crippen LogP contribution >= 0.6 is 39.9 Å². The number of benzene rings is 1. The number of carbonyl (C=O) groups excluding carboxylic acids is 1. The summed E-state index contributed by atoms with van der Waals surface area (Å²) < 4.78 is 6.92. The van der Waals surface area contributed by atoms with E-state index in [4.69, 9.17) is 22.1 Å². The average Bonchev–Trinajstić information content (AvgIpc) is 2.96. The number of hydrogen-bond donors (Lipinski definition) is 1. The maximum atomic E-state index is 12.8. The minimum absolute atomic E-state index is 0.0366. The van der Waals surface area contributed by atoms with Crippen molar-refractivity contribution in [3.8, 4) is 5.75 Å². The van der Waals surface area contributed by atoms with Crippen molar-refractivity contribution in [1.29, 1.82) is 0 Å². The van der Waals surface area contributed by atoms with Gasteiger partial charge in [0, 0.05) is 23.0 Å². The van der Waals surface area contributed by atoms with Crippen LogP contribution in [-0.2, 0) is 9.59 Å². The lowest BCUT2D eigenvalue weighted by Crippen LogP contribution is -2.29. The molecule has 0 spiro atoms. The molecule has 8 heteroatoms. The van der Waals surface area contributed by atoms with Crippen molar-refractivity contribution in [1.82, 2.24) is 4.90 Å². The van der Waals surface area contributed by atoms with E-state index in [2.05, 4.69) is 15.9 Å². The molecule has 1 heterocycles. The van der Waals surface area contributed by atoms with Gasteiger partial charge in [0.1, 0.15) is 10.1 Å². The van der Waals surface area contributed by atoms with Crippen LogP contribution in [0.5, 0.6) is 5.75 Å². The summed E-state index contributed by atoms with van der Waals surface area (Å²) in [6.45, 7) is 0.649. The largest absolute Gasteiger partial charge is 0.496 e. The molecule has 0 aromatic heterocycles. The minimum atomic E-state index is -0.712. The zero-order valence-corrected chi connectivity index (χ0v) is 20.4. The topological polar surface area (TPSA) is 66.8 Å². The molecule has 0 saturated carbocycles. The first-order chi connectivity index (χ1) is 14.4. The van der Waals surface area contributed by atoms with E-state index < -0.39 is 5.97 Å². The summed E-state index contributed by atoms with van der Waals surface area (Å²) in [5.41, 5.74) is 0.843. The van der Waals surface area contributed by atoms with Crippen LogP contribution < -0.4 is 4.74 Å². The summed E-state index contributed by atoms with van der Waals surface area (Å²) >= 11 is 10.2. The molecule has 0 aliphatic carbocycles. The Kier molecular flexibility index (Phi) is 10.9. The Labute approximate surface area is 196 Å². The first-order valence-corrected chi connectivity index (χ1v) is 12.2. The number of ether oxygens (including phenoxy) is 1. The molecule has 0 bridgehead atoms. The Bertz CT molecular complexity index is 797. The molecule has 1 aliphatic rings. The second-order valence-corrected chi connectivity index (χ2v) is 9.78. The number of hydrogen-bond acceptors (Lipinski definition) is 5. The van der Waals surface area contributed by atoms with Crippen LogP contribution in [0.2, 0.25) is 0 Å². The third kappa shape index (κ3) is 8.04. The number of carboxylic acids is 1. The maximum Gasteiger partial charge on any atom is 0.303 e. The van der Waals surface area contributed by atoms with E-state index in [0.717, 1.165) is 61.4 Å². The lowest BCUT2D eigenvalue weighted by atomic mass is 10.1. The van der Waals surface area contributed by atoms with Gasteiger partial charge in [-0.2, -0.15) is 0 Å². The quantitative estimate of drug-likeness (QED) is 0.191. The highest BCUT2D eigenvalue weighted by atomic mass is 79.9. The van der Waals surface area contributed by atoms with Gasteiger partial charge in [-0.1, -0.05) is 78.4 Å². The highest BCUT2D eigenvalue weighted by Crippen LogP contribution is 2.35. The SMILES string of the molecule is COc1ccc(Br)cc1/C=C1/SC(=S)N(CCCCCCCCCCC(=O)O)C1=O. The van der Waals surface area contributed by atoms with Crippen LogP contribution in [0.15, 0.2) is 27.6 Å². The number of carbonyl (C=O) groups is 2. The molecule has 30 heavy (non-hydrogen) atoms. The highest BCUT2D eigenvalue weighted by Gasteiger charge is 2.31. The van der Waals surface area contributed by atoms with E-state index in [1.807, 2.05) is 24.3 Å². The van der Waals surface area contributed by atoms with Gasteiger partial charge >= 0.3 is 5.97 Å². The van der Waals surface area contributed by atoms with E-state index >= 15 is 0 Å². The predicted molar refractivity (Wildman–Crippen MR) is 130 cm³/mol. The van der Waals surface area contributed by atoms with Crippen molar-refractivity contribution in [2.75, 3.05) is 13.7 Å². The summed E-state index contributed by atoms with van der Waals surface area (Å²) in [5, 5.41) is 8.62. The molecule has 5 nitrogen and oxygen atoms in total. The molecule has 2 rings (SSSR count). The fourth-order valence-electron chi connectivity index (χ4n) is 3.26. The molecule has 0 radical (unpaired) electrons. The lowest BCUT2D eigenvalue weighted by molar-refractivity contribution is -0.137. The van der Waals surface area contributed by atoms with Crippen molar-refractivity contribution in [2.45, 2.75) is 57.8 Å². The summed E-state index contributed by atoms with van der Waals surface area (Å²) in [5.74, 6) is -0.0341. The van der Waals surface area contributed by atoms with Gasteiger partial charge < -0.3 is 9.84 Å². The Morgan fingerprint density at radius 2 is 1.80 bits per heavy atom. The van der Waals surface area contributed by atoms with Gasteiger partial charge in [-0.05, 0) is 37.1 Å². The molecule has 1 amide bonds. The van der Waals surface area contributed by atoms with Crippen LogP contribution in [0.25, 0.3) is 6.08 Å². The number of unbranched alkanes of at least 4 members (excludes halogenated alkanes) is 7. The van der Waals surface area contributed by atoms with E-state index in [1.165, 1.54) is 11.8 Å². The smallest absolute Gasteiger partial charge is 0.303 e. The van der Waals surface area contributed by atoms with Crippen molar-refractivity contribution < 1.29 is 19.4 Å². The van der Waals surface area contributed by atoms with Crippen LogP contribution in [0.4, 0.5) is 0 Å². The van der Waals surface area contributed by atoms with Gasteiger partial charge in [-0.15, -0.1) is 0 Å². The standard InChI is InChI=1S/C22H28BrNO4S2/c1-28-18-12-11-17(23)14-16(18)15-19-21(27)24(22(29)30-19)13-9-7-5-3-2-4-6-8-10-20(25)26/h11-12,14-15H,2-10,13H2,1H3,(H,25,26)/b19-15+. The van der Waals surface area contributed by atoms with Crippen LogP contribution in [0.3, 0.4) is 0 Å². The van der Waals surface area contributed by atoms with E-state index in [0.29, 0.717) is 21.5 Å². The second-order valence-electron chi connectivity index (χ2n) is 7.19. The van der Waals surface area contributed by atoms with Crippen molar-refractivity contribution in [3.63, 3.8) is 0 Å².